The van der Waals surface area contributed by atoms with Crippen molar-refractivity contribution in [3.05, 3.63) is 88.4 Å². The Morgan fingerprint density at radius 3 is 2.17 bits per heavy atom. The molecule has 0 spiro atoms. The van der Waals surface area contributed by atoms with E-state index < -0.39 is 0 Å². The Hall–Kier alpha value is -3.02. The third-order valence-corrected chi connectivity index (χ3v) is 4.72. The van der Waals surface area contributed by atoms with Crippen LogP contribution in [0.5, 0.6) is 11.5 Å². The molecule has 3 aromatic rings. The molecule has 30 heavy (non-hydrogen) atoms. The van der Waals surface area contributed by atoms with Gasteiger partial charge in [-0.2, -0.15) is 0 Å². The molecule has 0 bridgehead atoms. The van der Waals surface area contributed by atoms with E-state index in [1.165, 1.54) is 6.92 Å². The molecule has 6 heteroatoms. The lowest BCUT2D eigenvalue weighted by Gasteiger charge is -2.13. The zero-order valence-corrected chi connectivity index (χ0v) is 17.8. The molecule has 0 saturated carbocycles. The van der Waals surface area contributed by atoms with Gasteiger partial charge in [0, 0.05) is 30.7 Å². The van der Waals surface area contributed by atoms with Gasteiger partial charge in [-0.15, -0.1) is 0 Å². The summed E-state index contributed by atoms with van der Waals surface area (Å²) in [5.74, 6) is 1.32. The molecule has 0 radical (unpaired) electrons. The van der Waals surface area contributed by atoms with E-state index in [2.05, 4.69) is 10.6 Å². The second kappa shape index (κ2) is 10.7. The monoisotopic (exact) mass is 424 g/mol. The third kappa shape index (κ3) is 6.51. The fourth-order valence-electron chi connectivity index (χ4n) is 2.94. The number of rotatable bonds is 9. The van der Waals surface area contributed by atoms with Crippen molar-refractivity contribution in [1.29, 1.82) is 0 Å². The van der Waals surface area contributed by atoms with E-state index in [1.807, 2.05) is 66.7 Å². The van der Waals surface area contributed by atoms with Crippen LogP contribution in [0.1, 0.15) is 23.6 Å². The number of hydrogen-bond donors (Lipinski definition) is 2. The van der Waals surface area contributed by atoms with Gasteiger partial charge in [-0.25, -0.2) is 0 Å². The summed E-state index contributed by atoms with van der Waals surface area (Å²) in [6, 6.07) is 21.3. The van der Waals surface area contributed by atoms with Crippen LogP contribution in [-0.2, 0) is 24.5 Å². The molecule has 5 nitrogen and oxygen atoms in total. The molecule has 0 aliphatic carbocycles. The fourth-order valence-corrected chi connectivity index (χ4v) is 3.07. The van der Waals surface area contributed by atoms with Crippen molar-refractivity contribution < 1.29 is 14.3 Å². The Balaban J connectivity index is 1.52. The second-order valence-corrected chi connectivity index (χ2v) is 7.32. The molecule has 156 valence electrons. The predicted octanol–water partition coefficient (Wildman–Crippen LogP) is 5.18. The first kappa shape index (κ1) is 21.7. The minimum absolute atomic E-state index is 0.0737. The van der Waals surface area contributed by atoms with Crippen molar-refractivity contribution in [2.45, 2.75) is 26.6 Å². The van der Waals surface area contributed by atoms with Crippen molar-refractivity contribution in [2.24, 2.45) is 0 Å². The minimum Gasteiger partial charge on any atom is -0.493 e. The first-order valence-electron chi connectivity index (χ1n) is 9.65. The Kier molecular flexibility index (Phi) is 7.71. The summed E-state index contributed by atoms with van der Waals surface area (Å²) in [7, 11) is 1.64. The maximum absolute atomic E-state index is 11.1. The molecule has 0 aromatic heterocycles. The van der Waals surface area contributed by atoms with Crippen molar-refractivity contribution in [3.63, 3.8) is 0 Å². The number of halogens is 1. The van der Waals surface area contributed by atoms with Gasteiger partial charge in [0.25, 0.3) is 0 Å². The Morgan fingerprint density at radius 1 is 0.867 bits per heavy atom. The van der Waals surface area contributed by atoms with Gasteiger partial charge in [-0.05, 0) is 53.1 Å². The van der Waals surface area contributed by atoms with Gasteiger partial charge in [-0.1, -0.05) is 41.9 Å². The van der Waals surface area contributed by atoms with Gasteiger partial charge in [0.2, 0.25) is 5.91 Å². The highest BCUT2D eigenvalue weighted by Gasteiger charge is 2.07. The largest absolute Gasteiger partial charge is 0.493 e. The van der Waals surface area contributed by atoms with Crippen molar-refractivity contribution in [2.75, 3.05) is 12.4 Å². The van der Waals surface area contributed by atoms with E-state index in [0.29, 0.717) is 29.7 Å². The average Bonchev–Trinajstić information content (AvgIpc) is 2.74. The lowest BCUT2D eigenvalue weighted by atomic mass is 10.1. The molecule has 1 amide bonds. The maximum Gasteiger partial charge on any atom is 0.221 e. The topological polar surface area (TPSA) is 59.6 Å². The van der Waals surface area contributed by atoms with Crippen LogP contribution < -0.4 is 20.1 Å². The molecule has 2 N–H and O–H groups in total. The summed E-state index contributed by atoms with van der Waals surface area (Å²) < 4.78 is 11.4. The first-order chi connectivity index (χ1) is 14.5. The smallest absolute Gasteiger partial charge is 0.221 e. The number of nitrogens with one attached hydrogen (secondary N) is 2. The van der Waals surface area contributed by atoms with Crippen LogP contribution in [0.3, 0.4) is 0 Å². The molecule has 0 aliphatic heterocycles. The molecular formula is C24H25ClN2O3. The molecule has 3 aromatic carbocycles. The van der Waals surface area contributed by atoms with Gasteiger partial charge in [0.15, 0.2) is 11.5 Å². The van der Waals surface area contributed by atoms with Crippen LogP contribution in [0.2, 0.25) is 5.02 Å². The summed E-state index contributed by atoms with van der Waals surface area (Å²) in [6.45, 7) is 3.36. The van der Waals surface area contributed by atoms with Crippen LogP contribution in [-0.4, -0.2) is 13.0 Å². The standard InChI is InChI=1S/C24H25ClN2O3/c1-17(28)27-22-10-5-18(6-11-22)14-26-15-20-7-12-23(24(13-20)29-2)30-16-19-3-8-21(25)9-4-19/h3-13,26H,14-16H2,1-2H3,(H,27,28). The zero-order chi connectivity index (χ0) is 21.3. The fraction of sp³-hybridized carbons (Fsp3) is 0.208. The molecule has 3 rings (SSSR count). The number of amides is 1. The van der Waals surface area contributed by atoms with Gasteiger partial charge in [0.05, 0.1) is 7.11 Å². The molecule has 0 atom stereocenters. The average molecular weight is 425 g/mol. The number of carbonyl (C=O) groups is 1. The Bertz CT molecular complexity index is 973. The number of benzene rings is 3. The van der Waals surface area contributed by atoms with Crippen LogP contribution in [0.15, 0.2) is 66.7 Å². The number of hydrogen-bond acceptors (Lipinski definition) is 4. The highest BCUT2D eigenvalue weighted by atomic mass is 35.5. The summed E-state index contributed by atoms with van der Waals surface area (Å²) in [4.78, 5) is 11.1. The normalized spacial score (nSPS) is 10.5. The van der Waals surface area contributed by atoms with Crippen LogP contribution in [0.4, 0.5) is 5.69 Å². The third-order valence-electron chi connectivity index (χ3n) is 4.47. The number of methoxy groups -OCH3 is 1. The molecule has 0 unspecified atom stereocenters. The van der Waals surface area contributed by atoms with Gasteiger partial charge in [0.1, 0.15) is 6.61 Å². The van der Waals surface area contributed by atoms with Crippen LogP contribution >= 0.6 is 11.6 Å². The zero-order valence-electron chi connectivity index (χ0n) is 17.1. The van der Waals surface area contributed by atoms with E-state index in [0.717, 1.165) is 28.9 Å². The lowest BCUT2D eigenvalue weighted by Crippen LogP contribution is -2.13. The van der Waals surface area contributed by atoms with Crippen LogP contribution in [0, 0.1) is 0 Å². The number of ether oxygens (including phenoxy) is 2. The Labute approximate surface area is 182 Å². The van der Waals surface area contributed by atoms with Gasteiger partial charge >= 0.3 is 0 Å². The summed E-state index contributed by atoms with van der Waals surface area (Å²) in [6.07, 6.45) is 0. The minimum atomic E-state index is -0.0737. The Morgan fingerprint density at radius 2 is 1.50 bits per heavy atom. The van der Waals surface area contributed by atoms with E-state index in [-0.39, 0.29) is 5.91 Å². The second-order valence-electron chi connectivity index (χ2n) is 6.88. The summed E-state index contributed by atoms with van der Waals surface area (Å²) in [5, 5.41) is 6.89. The van der Waals surface area contributed by atoms with E-state index in [1.54, 1.807) is 7.11 Å². The molecule has 0 saturated heterocycles. The summed E-state index contributed by atoms with van der Waals surface area (Å²) in [5.41, 5.74) is 4.07. The van der Waals surface area contributed by atoms with Crippen molar-refractivity contribution in [1.82, 2.24) is 5.32 Å². The SMILES string of the molecule is COc1cc(CNCc2ccc(NC(C)=O)cc2)ccc1OCc1ccc(Cl)cc1. The van der Waals surface area contributed by atoms with Crippen LogP contribution in [0.25, 0.3) is 0 Å². The van der Waals surface area contributed by atoms with Gasteiger partial charge < -0.3 is 20.1 Å². The summed E-state index contributed by atoms with van der Waals surface area (Å²) >= 11 is 5.92. The maximum atomic E-state index is 11.1. The van der Waals surface area contributed by atoms with E-state index >= 15 is 0 Å². The van der Waals surface area contributed by atoms with Crippen molar-refractivity contribution >= 4 is 23.2 Å². The number of carbonyl (C=O) groups excluding carboxylic acids is 1. The van der Waals surface area contributed by atoms with E-state index in [9.17, 15) is 4.79 Å². The van der Waals surface area contributed by atoms with E-state index in [4.69, 9.17) is 21.1 Å². The van der Waals surface area contributed by atoms with Gasteiger partial charge in [-0.3, -0.25) is 4.79 Å². The predicted molar refractivity (Wildman–Crippen MR) is 120 cm³/mol. The highest BCUT2D eigenvalue weighted by molar-refractivity contribution is 6.30. The highest BCUT2D eigenvalue weighted by Crippen LogP contribution is 2.29. The van der Waals surface area contributed by atoms with Crippen molar-refractivity contribution in [3.8, 4) is 11.5 Å². The molecule has 0 heterocycles. The lowest BCUT2D eigenvalue weighted by molar-refractivity contribution is -0.114. The molecule has 0 fully saturated rings. The molecule has 0 aliphatic rings. The quantitative estimate of drug-likeness (QED) is 0.497. The number of anilines is 1. The molecular weight excluding hydrogens is 400 g/mol. The first-order valence-corrected chi connectivity index (χ1v) is 10.0.